The van der Waals surface area contributed by atoms with Crippen molar-refractivity contribution in [2.24, 2.45) is 0 Å². The minimum atomic E-state index is 0.119. The van der Waals surface area contributed by atoms with Crippen molar-refractivity contribution in [3.8, 4) is 11.4 Å². The second-order valence-corrected chi connectivity index (χ2v) is 6.43. The molecule has 0 atom stereocenters. The van der Waals surface area contributed by atoms with E-state index in [4.69, 9.17) is 4.52 Å². The number of hydrogen-bond donors (Lipinski definition) is 0. The fourth-order valence-corrected chi connectivity index (χ4v) is 3.12. The van der Waals surface area contributed by atoms with Crippen LogP contribution in [0.25, 0.3) is 11.4 Å². The molecule has 6 nitrogen and oxygen atoms in total. The second kappa shape index (κ2) is 5.92. The Labute approximate surface area is 136 Å². The van der Waals surface area contributed by atoms with Crippen molar-refractivity contribution in [2.45, 2.75) is 12.3 Å². The number of carbonyl (C=O) groups excluding carboxylic acids is 1. The van der Waals surface area contributed by atoms with Gasteiger partial charge in [-0.2, -0.15) is 4.98 Å². The Morgan fingerprint density at radius 3 is 2.87 bits per heavy atom. The molecule has 0 unspecified atom stereocenters. The number of rotatable bonds is 4. The van der Waals surface area contributed by atoms with E-state index in [9.17, 15) is 4.79 Å². The minimum absolute atomic E-state index is 0.119. The van der Waals surface area contributed by atoms with Gasteiger partial charge in [-0.25, -0.2) is 0 Å². The molecule has 4 rings (SSSR count). The summed E-state index contributed by atoms with van der Waals surface area (Å²) in [4.78, 5) is 23.4. The molecule has 1 saturated heterocycles. The highest BCUT2D eigenvalue weighted by Gasteiger charge is 2.35. The van der Waals surface area contributed by atoms with Crippen LogP contribution in [-0.4, -0.2) is 39.0 Å². The molecule has 23 heavy (non-hydrogen) atoms. The highest BCUT2D eigenvalue weighted by atomic mass is 32.1. The van der Waals surface area contributed by atoms with Crippen molar-refractivity contribution in [2.75, 3.05) is 13.1 Å². The molecule has 2 aromatic heterocycles. The average Bonchev–Trinajstić information content (AvgIpc) is 3.18. The highest BCUT2D eigenvalue weighted by molar-refractivity contribution is 7.09. The van der Waals surface area contributed by atoms with Gasteiger partial charge in [0.2, 0.25) is 17.6 Å². The zero-order valence-electron chi connectivity index (χ0n) is 12.3. The summed E-state index contributed by atoms with van der Waals surface area (Å²) >= 11 is 1.50. The summed E-state index contributed by atoms with van der Waals surface area (Å²) in [5, 5.41) is 4.02. The average molecular weight is 326 g/mol. The zero-order valence-corrected chi connectivity index (χ0v) is 13.1. The van der Waals surface area contributed by atoms with Crippen LogP contribution < -0.4 is 0 Å². The molecule has 1 aromatic carbocycles. The first-order valence-corrected chi connectivity index (χ1v) is 8.22. The van der Waals surface area contributed by atoms with E-state index in [0.29, 0.717) is 31.2 Å². The maximum atomic E-state index is 12.1. The van der Waals surface area contributed by atoms with Gasteiger partial charge >= 0.3 is 0 Å². The van der Waals surface area contributed by atoms with Gasteiger partial charge in [0, 0.05) is 29.7 Å². The first-order chi connectivity index (χ1) is 11.3. The van der Waals surface area contributed by atoms with Crippen LogP contribution in [0.3, 0.4) is 0 Å². The lowest BCUT2D eigenvalue weighted by Crippen LogP contribution is -2.49. The molecule has 1 amide bonds. The molecule has 1 fully saturated rings. The lowest BCUT2D eigenvalue weighted by Gasteiger charge is -2.37. The molecule has 3 heterocycles. The monoisotopic (exact) mass is 326 g/mol. The van der Waals surface area contributed by atoms with Crippen LogP contribution in [0.2, 0.25) is 0 Å². The number of nitrogens with zero attached hydrogens (tertiary/aromatic N) is 4. The minimum Gasteiger partial charge on any atom is -0.341 e. The SMILES string of the molecule is O=C(Cc1cncs1)N1CC(c2nc(-c3ccccc3)no2)C1. The Morgan fingerprint density at radius 2 is 2.13 bits per heavy atom. The Bertz CT molecular complexity index is 795. The van der Waals surface area contributed by atoms with Crippen molar-refractivity contribution in [1.82, 2.24) is 20.0 Å². The Balaban J connectivity index is 1.37. The molecule has 7 heteroatoms. The molecule has 0 spiro atoms. The van der Waals surface area contributed by atoms with Crippen molar-refractivity contribution in [3.05, 3.63) is 52.8 Å². The van der Waals surface area contributed by atoms with Crippen LogP contribution in [-0.2, 0) is 11.2 Å². The molecule has 0 N–H and O–H groups in total. The molecular weight excluding hydrogens is 312 g/mol. The maximum Gasteiger partial charge on any atom is 0.233 e. The molecule has 0 bridgehead atoms. The number of amides is 1. The molecule has 0 aliphatic carbocycles. The van der Waals surface area contributed by atoms with Crippen LogP contribution in [0.15, 0.2) is 46.6 Å². The molecule has 0 radical (unpaired) electrons. The van der Waals surface area contributed by atoms with Crippen molar-refractivity contribution < 1.29 is 9.32 Å². The van der Waals surface area contributed by atoms with Crippen LogP contribution >= 0.6 is 11.3 Å². The molecule has 116 valence electrons. The summed E-state index contributed by atoms with van der Waals surface area (Å²) in [6, 6.07) is 9.71. The maximum absolute atomic E-state index is 12.1. The van der Waals surface area contributed by atoms with Gasteiger partial charge in [0.25, 0.3) is 0 Å². The van der Waals surface area contributed by atoms with E-state index in [0.717, 1.165) is 10.4 Å². The summed E-state index contributed by atoms with van der Waals surface area (Å²) in [7, 11) is 0. The van der Waals surface area contributed by atoms with E-state index in [1.54, 1.807) is 11.7 Å². The van der Waals surface area contributed by atoms with Gasteiger partial charge < -0.3 is 9.42 Å². The smallest absolute Gasteiger partial charge is 0.233 e. The van der Waals surface area contributed by atoms with Crippen LogP contribution in [0, 0.1) is 0 Å². The number of aromatic nitrogens is 3. The van der Waals surface area contributed by atoms with Gasteiger partial charge in [-0.15, -0.1) is 11.3 Å². The van der Waals surface area contributed by atoms with Crippen LogP contribution in [0.5, 0.6) is 0 Å². The van der Waals surface area contributed by atoms with E-state index >= 15 is 0 Å². The number of benzene rings is 1. The van der Waals surface area contributed by atoms with Crippen molar-refractivity contribution >= 4 is 17.2 Å². The third-order valence-corrected chi connectivity index (χ3v) is 4.65. The normalized spacial score (nSPS) is 14.7. The van der Waals surface area contributed by atoms with Gasteiger partial charge in [-0.1, -0.05) is 35.5 Å². The predicted molar refractivity (Wildman–Crippen MR) is 84.9 cm³/mol. The Morgan fingerprint density at radius 1 is 1.30 bits per heavy atom. The third kappa shape index (κ3) is 2.87. The van der Waals surface area contributed by atoms with E-state index < -0.39 is 0 Å². The molecular formula is C16H14N4O2S. The van der Waals surface area contributed by atoms with E-state index in [1.807, 2.05) is 35.2 Å². The van der Waals surface area contributed by atoms with Gasteiger partial charge in [0.05, 0.1) is 17.8 Å². The quantitative estimate of drug-likeness (QED) is 0.736. The van der Waals surface area contributed by atoms with Gasteiger partial charge in [0.1, 0.15) is 0 Å². The van der Waals surface area contributed by atoms with E-state index in [2.05, 4.69) is 15.1 Å². The van der Waals surface area contributed by atoms with Gasteiger partial charge in [-0.3, -0.25) is 9.78 Å². The molecule has 1 aliphatic heterocycles. The number of hydrogen-bond acceptors (Lipinski definition) is 6. The fourth-order valence-electron chi connectivity index (χ4n) is 2.53. The Kier molecular flexibility index (Phi) is 3.63. The van der Waals surface area contributed by atoms with E-state index in [-0.39, 0.29) is 11.8 Å². The largest absolute Gasteiger partial charge is 0.341 e. The van der Waals surface area contributed by atoms with E-state index in [1.165, 1.54) is 11.3 Å². The summed E-state index contributed by atoms with van der Waals surface area (Å²) in [6.45, 7) is 1.27. The van der Waals surface area contributed by atoms with Crippen LogP contribution in [0.1, 0.15) is 16.7 Å². The third-order valence-electron chi connectivity index (χ3n) is 3.87. The van der Waals surface area contributed by atoms with Gasteiger partial charge in [-0.05, 0) is 0 Å². The summed E-state index contributed by atoms with van der Waals surface area (Å²) in [6.07, 6.45) is 2.15. The predicted octanol–water partition coefficient (Wildman–Crippen LogP) is 2.36. The van der Waals surface area contributed by atoms with Gasteiger partial charge in [0.15, 0.2) is 0 Å². The Hall–Kier alpha value is -2.54. The highest BCUT2D eigenvalue weighted by Crippen LogP contribution is 2.28. The van der Waals surface area contributed by atoms with Crippen molar-refractivity contribution in [3.63, 3.8) is 0 Å². The zero-order chi connectivity index (χ0) is 15.6. The summed E-state index contributed by atoms with van der Waals surface area (Å²) in [5.74, 6) is 1.44. The van der Waals surface area contributed by atoms with Crippen molar-refractivity contribution in [1.29, 1.82) is 0 Å². The molecule has 0 saturated carbocycles. The number of likely N-dealkylation sites (tertiary alicyclic amines) is 1. The lowest BCUT2D eigenvalue weighted by atomic mass is 9.99. The number of thiazole rings is 1. The lowest BCUT2D eigenvalue weighted by molar-refractivity contribution is -0.135. The fraction of sp³-hybridized carbons (Fsp3) is 0.250. The standard InChI is InChI=1S/C16H14N4O2S/c21-14(6-13-7-17-10-23-13)20-8-12(9-20)16-18-15(19-22-16)11-4-2-1-3-5-11/h1-5,7,10,12H,6,8-9H2. The molecule has 1 aliphatic rings. The number of carbonyl (C=O) groups is 1. The topological polar surface area (TPSA) is 72.1 Å². The summed E-state index contributed by atoms with van der Waals surface area (Å²) < 4.78 is 5.35. The molecule has 3 aromatic rings. The second-order valence-electron chi connectivity index (χ2n) is 5.46. The van der Waals surface area contributed by atoms with Crippen LogP contribution in [0.4, 0.5) is 0 Å². The first kappa shape index (κ1) is 14.1. The first-order valence-electron chi connectivity index (χ1n) is 7.34. The summed E-state index contributed by atoms with van der Waals surface area (Å²) in [5.41, 5.74) is 2.67.